The van der Waals surface area contributed by atoms with Crippen LogP contribution in [-0.4, -0.2) is 17.6 Å². The van der Waals surface area contributed by atoms with Crippen molar-refractivity contribution in [2.75, 3.05) is 11.9 Å². The van der Waals surface area contributed by atoms with E-state index in [1.807, 2.05) is 19.1 Å². The lowest BCUT2D eigenvalue weighted by atomic mass is 10.1. The van der Waals surface area contributed by atoms with E-state index in [4.69, 9.17) is 5.11 Å². The summed E-state index contributed by atoms with van der Waals surface area (Å²) in [5.41, 5.74) is 2.15. The Morgan fingerprint density at radius 2 is 2.12 bits per heavy atom. The molecule has 1 rings (SSSR count). The maximum atomic E-state index is 10.8. The molecule has 3 nitrogen and oxygen atoms in total. The molecule has 0 aliphatic carbocycles. The average Bonchev–Trinajstić information content (AvgIpc) is 2.16. The summed E-state index contributed by atoms with van der Waals surface area (Å²) >= 11 is 0. The van der Waals surface area contributed by atoms with Crippen molar-refractivity contribution >= 4 is 11.7 Å². The molecular weight excluding hydrogens is 202 g/mol. The molecule has 88 valence electrons. The predicted molar refractivity (Wildman–Crippen MR) is 66.1 cm³/mol. The number of carboxylic acid groups (broad SMARTS) is 1. The third-order valence-electron chi connectivity index (χ3n) is 2.51. The van der Waals surface area contributed by atoms with Gasteiger partial charge in [0, 0.05) is 12.2 Å². The third kappa shape index (κ3) is 3.57. The van der Waals surface area contributed by atoms with Crippen molar-refractivity contribution in [2.24, 2.45) is 5.92 Å². The summed E-state index contributed by atoms with van der Waals surface area (Å²) in [6.07, 6.45) is 1.11. The van der Waals surface area contributed by atoms with Crippen molar-refractivity contribution in [3.8, 4) is 0 Å². The maximum absolute atomic E-state index is 10.8. The summed E-state index contributed by atoms with van der Waals surface area (Å²) in [4.78, 5) is 10.8. The second-order valence-corrected chi connectivity index (χ2v) is 4.44. The molecule has 0 aromatic heterocycles. The normalized spacial score (nSPS) is 10.5. The van der Waals surface area contributed by atoms with Gasteiger partial charge in [-0.3, -0.25) is 0 Å². The number of carbonyl (C=O) groups is 1. The highest BCUT2D eigenvalue weighted by Crippen LogP contribution is 2.15. The van der Waals surface area contributed by atoms with E-state index in [0.29, 0.717) is 11.5 Å². The zero-order chi connectivity index (χ0) is 12.1. The molecule has 0 amide bonds. The van der Waals surface area contributed by atoms with Crippen LogP contribution in [0.3, 0.4) is 0 Å². The molecule has 0 atom stereocenters. The monoisotopic (exact) mass is 221 g/mol. The van der Waals surface area contributed by atoms with Crippen molar-refractivity contribution in [1.82, 2.24) is 0 Å². The van der Waals surface area contributed by atoms with Crippen LogP contribution in [0.2, 0.25) is 0 Å². The first-order valence-electron chi connectivity index (χ1n) is 5.58. The van der Waals surface area contributed by atoms with E-state index in [1.165, 1.54) is 0 Å². The summed E-state index contributed by atoms with van der Waals surface area (Å²) in [5, 5.41) is 12.2. The van der Waals surface area contributed by atoms with Gasteiger partial charge in [0.1, 0.15) is 0 Å². The van der Waals surface area contributed by atoms with Gasteiger partial charge in [0.05, 0.1) is 5.56 Å². The zero-order valence-electron chi connectivity index (χ0n) is 10.1. The number of benzene rings is 1. The molecule has 2 N–H and O–H groups in total. The summed E-state index contributed by atoms with van der Waals surface area (Å²) < 4.78 is 0. The molecule has 16 heavy (non-hydrogen) atoms. The number of carboxylic acids is 1. The van der Waals surface area contributed by atoms with Crippen LogP contribution in [0, 0.1) is 12.8 Å². The van der Waals surface area contributed by atoms with E-state index >= 15 is 0 Å². The SMILES string of the molecule is Cc1cc(NCCC(C)C)ccc1C(=O)O. The number of rotatable bonds is 5. The summed E-state index contributed by atoms with van der Waals surface area (Å²) in [6.45, 7) is 7.10. The molecule has 0 fully saturated rings. The minimum absolute atomic E-state index is 0.370. The van der Waals surface area contributed by atoms with Crippen LogP contribution < -0.4 is 5.32 Å². The fourth-order valence-electron chi connectivity index (χ4n) is 1.52. The van der Waals surface area contributed by atoms with E-state index in [2.05, 4.69) is 19.2 Å². The van der Waals surface area contributed by atoms with Crippen LogP contribution in [0.15, 0.2) is 18.2 Å². The first-order chi connectivity index (χ1) is 7.50. The lowest BCUT2D eigenvalue weighted by Gasteiger charge is -2.10. The molecule has 0 aliphatic heterocycles. The molecule has 0 bridgehead atoms. The van der Waals surface area contributed by atoms with E-state index in [0.717, 1.165) is 24.2 Å². The van der Waals surface area contributed by atoms with E-state index in [1.54, 1.807) is 6.07 Å². The lowest BCUT2D eigenvalue weighted by Crippen LogP contribution is -2.06. The molecule has 0 heterocycles. The number of nitrogens with one attached hydrogen (secondary N) is 1. The van der Waals surface area contributed by atoms with Gasteiger partial charge in [0.2, 0.25) is 0 Å². The van der Waals surface area contributed by atoms with Crippen LogP contribution in [-0.2, 0) is 0 Å². The standard InChI is InChI=1S/C13H19NO2/c1-9(2)6-7-14-11-4-5-12(13(15)16)10(3)8-11/h4-5,8-9,14H,6-7H2,1-3H3,(H,15,16). The lowest BCUT2D eigenvalue weighted by molar-refractivity contribution is 0.0696. The molecule has 3 heteroatoms. The Kier molecular flexibility index (Phi) is 4.35. The Morgan fingerprint density at radius 3 is 2.62 bits per heavy atom. The van der Waals surface area contributed by atoms with Gasteiger partial charge in [0.15, 0.2) is 0 Å². The van der Waals surface area contributed by atoms with Crippen LogP contribution >= 0.6 is 0 Å². The molecule has 0 saturated heterocycles. The Labute approximate surface area is 96.5 Å². The molecule has 0 unspecified atom stereocenters. The maximum Gasteiger partial charge on any atom is 0.335 e. The van der Waals surface area contributed by atoms with Gasteiger partial charge in [-0.2, -0.15) is 0 Å². The fraction of sp³-hybridized carbons (Fsp3) is 0.462. The largest absolute Gasteiger partial charge is 0.478 e. The van der Waals surface area contributed by atoms with Crippen molar-refractivity contribution in [3.63, 3.8) is 0 Å². The minimum Gasteiger partial charge on any atom is -0.478 e. The van der Waals surface area contributed by atoms with Crippen molar-refractivity contribution in [3.05, 3.63) is 29.3 Å². The molecular formula is C13H19NO2. The second kappa shape index (κ2) is 5.54. The van der Waals surface area contributed by atoms with E-state index in [-0.39, 0.29) is 0 Å². The summed E-state index contributed by atoms with van der Waals surface area (Å²) in [7, 11) is 0. The highest BCUT2D eigenvalue weighted by molar-refractivity contribution is 5.89. The van der Waals surface area contributed by atoms with E-state index in [9.17, 15) is 4.79 Å². The molecule has 0 spiro atoms. The van der Waals surface area contributed by atoms with Crippen LogP contribution in [0.25, 0.3) is 0 Å². The fourth-order valence-corrected chi connectivity index (χ4v) is 1.52. The number of aryl methyl sites for hydroxylation is 1. The Morgan fingerprint density at radius 1 is 1.44 bits per heavy atom. The number of hydrogen-bond donors (Lipinski definition) is 2. The molecule has 1 aromatic carbocycles. The predicted octanol–water partition coefficient (Wildman–Crippen LogP) is 3.15. The molecule has 0 radical (unpaired) electrons. The molecule has 0 saturated carbocycles. The highest BCUT2D eigenvalue weighted by atomic mass is 16.4. The van der Waals surface area contributed by atoms with Gasteiger partial charge in [-0.25, -0.2) is 4.79 Å². The van der Waals surface area contributed by atoms with Crippen molar-refractivity contribution < 1.29 is 9.90 Å². The quantitative estimate of drug-likeness (QED) is 0.803. The van der Waals surface area contributed by atoms with Gasteiger partial charge >= 0.3 is 5.97 Å². The Balaban J connectivity index is 2.63. The van der Waals surface area contributed by atoms with Gasteiger partial charge in [0.25, 0.3) is 0 Å². The summed E-state index contributed by atoms with van der Waals surface area (Å²) in [6, 6.07) is 5.34. The van der Waals surface area contributed by atoms with Crippen LogP contribution in [0.4, 0.5) is 5.69 Å². The first-order valence-corrected chi connectivity index (χ1v) is 5.58. The zero-order valence-corrected chi connectivity index (χ0v) is 10.1. The van der Waals surface area contributed by atoms with Crippen LogP contribution in [0.5, 0.6) is 0 Å². The van der Waals surface area contributed by atoms with Crippen LogP contribution in [0.1, 0.15) is 36.2 Å². The third-order valence-corrected chi connectivity index (χ3v) is 2.51. The smallest absolute Gasteiger partial charge is 0.335 e. The number of hydrogen-bond acceptors (Lipinski definition) is 2. The van der Waals surface area contributed by atoms with E-state index < -0.39 is 5.97 Å². The number of anilines is 1. The highest BCUT2D eigenvalue weighted by Gasteiger charge is 2.06. The average molecular weight is 221 g/mol. The van der Waals surface area contributed by atoms with Gasteiger partial charge in [-0.1, -0.05) is 13.8 Å². The Bertz CT molecular complexity index is 372. The van der Waals surface area contributed by atoms with Gasteiger partial charge in [-0.05, 0) is 43.0 Å². The topological polar surface area (TPSA) is 49.3 Å². The first kappa shape index (κ1) is 12.6. The second-order valence-electron chi connectivity index (χ2n) is 4.44. The van der Waals surface area contributed by atoms with Gasteiger partial charge in [-0.15, -0.1) is 0 Å². The number of aromatic carboxylic acids is 1. The van der Waals surface area contributed by atoms with Crippen molar-refractivity contribution in [2.45, 2.75) is 27.2 Å². The Hall–Kier alpha value is -1.51. The van der Waals surface area contributed by atoms with Crippen molar-refractivity contribution in [1.29, 1.82) is 0 Å². The molecule has 0 aliphatic rings. The molecule has 1 aromatic rings. The van der Waals surface area contributed by atoms with Gasteiger partial charge < -0.3 is 10.4 Å². The minimum atomic E-state index is -0.869. The summed E-state index contributed by atoms with van der Waals surface area (Å²) in [5.74, 6) is -0.196.